The first kappa shape index (κ1) is 15.3. The molecular weight excluding hydrogens is 270 g/mol. The smallest absolute Gasteiger partial charge is 0.325 e. The second-order valence-corrected chi connectivity index (χ2v) is 4.63. The van der Waals surface area contributed by atoms with Gasteiger partial charge in [0.05, 0.1) is 24.2 Å². The number of carbonyl (C=O) groups is 2. The molecule has 1 atom stereocenters. The third-order valence-electron chi connectivity index (χ3n) is 2.16. The molecule has 1 aromatic carbocycles. The van der Waals surface area contributed by atoms with Crippen LogP contribution in [0.3, 0.4) is 0 Å². The van der Waals surface area contributed by atoms with Crippen molar-refractivity contribution < 1.29 is 22.7 Å². The third kappa shape index (κ3) is 4.46. The number of esters is 1. The zero-order chi connectivity index (χ0) is 14.3. The van der Waals surface area contributed by atoms with E-state index in [4.69, 9.17) is 4.18 Å². The van der Waals surface area contributed by atoms with Gasteiger partial charge in [-0.25, -0.2) is 4.21 Å². The molecule has 0 radical (unpaired) electrons. The molecule has 1 N–H and O–H groups in total. The van der Waals surface area contributed by atoms with E-state index in [9.17, 15) is 13.8 Å². The maximum Gasteiger partial charge on any atom is 0.325 e. The lowest BCUT2D eigenvalue weighted by Gasteiger charge is -2.08. The van der Waals surface area contributed by atoms with Crippen LogP contribution in [0.25, 0.3) is 0 Å². The highest BCUT2D eigenvalue weighted by Crippen LogP contribution is 2.13. The number of hydrogen-bond donors (Lipinski definition) is 1. The van der Waals surface area contributed by atoms with Crippen molar-refractivity contribution in [1.29, 1.82) is 0 Å². The van der Waals surface area contributed by atoms with Crippen molar-refractivity contribution >= 4 is 23.0 Å². The molecule has 0 aromatic heterocycles. The maximum absolute atomic E-state index is 11.9. The summed E-state index contributed by atoms with van der Waals surface area (Å²) in [5, 5.41) is 2.40. The van der Waals surface area contributed by atoms with Gasteiger partial charge in [0.1, 0.15) is 6.54 Å². The van der Waals surface area contributed by atoms with E-state index < -0.39 is 23.0 Å². The molecule has 1 rings (SSSR count). The van der Waals surface area contributed by atoms with E-state index in [0.29, 0.717) is 0 Å². The Kier molecular flexibility index (Phi) is 6.17. The van der Waals surface area contributed by atoms with Crippen molar-refractivity contribution in [3.63, 3.8) is 0 Å². The predicted octanol–water partition coefficient (Wildman–Crippen LogP) is 0.648. The number of hydrogen-bond acceptors (Lipinski definition) is 5. The fourth-order valence-electron chi connectivity index (χ4n) is 1.35. The molecule has 0 heterocycles. The maximum atomic E-state index is 11.9. The molecule has 0 saturated carbocycles. The molecule has 0 fully saturated rings. The Morgan fingerprint density at radius 1 is 1.32 bits per heavy atom. The Hall–Kier alpha value is -1.73. The average molecular weight is 285 g/mol. The first-order valence-electron chi connectivity index (χ1n) is 5.59. The Balaban J connectivity index is 2.77. The van der Waals surface area contributed by atoms with Gasteiger partial charge in [0.25, 0.3) is 5.91 Å². The molecule has 0 spiro atoms. The molecular formula is C12H15NO5S. The van der Waals surface area contributed by atoms with Crippen LogP contribution in [0.15, 0.2) is 29.2 Å². The van der Waals surface area contributed by atoms with Gasteiger partial charge in [-0.1, -0.05) is 12.1 Å². The van der Waals surface area contributed by atoms with Crippen molar-refractivity contribution in [2.75, 3.05) is 20.3 Å². The van der Waals surface area contributed by atoms with Crippen LogP contribution in [-0.4, -0.2) is 36.3 Å². The highest BCUT2D eigenvalue weighted by molar-refractivity contribution is 7.80. The molecule has 0 aliphatic carbocycles. The Bertz CT molecular complexity index is 489. The second-order valence-electron chi connectivity index (χ2n) is 3.39. The zero-order valence-electron chi connectivity index (χ0n) is 10.7. The molecule has 1 amide bonds. The van der Waals surface area contributed by atoms with E-state index in [1.54, 1.807) is 19.1 Å². The minimum atomic E-state index is -1.72. The summed E-state index contributed by atoms with van der Waals surface area (Å²) >= 11 is -1.72. The molecule has 19 heavy (non-hydrogen) atoms. The molecule has 104 valence electrons. The number of rotatable bonds is 6. The van der Waals surface area contributed by atoms with Crippen molar-refractivity contribution in [3.05, 3.63) is 29.8 Å². The normalized spacial score (nSPS) is 11.7. The molecule has 1 aromatic rings. The van der Waals surface area contributed by atoms with Crippen molar-refractivity contribution in [2.24, 2.45) is 0 Å². The minimum absolute atomic E-state index is 0.201. The van der Waals surface area contributed by atoms with Crippen molar-refractivity contribution in [3.8, 4) is 0 Å². The molecule has 0 aliphatic heterocycles. The SMILES string of the molecule is CCOC(=O)CNC(=O)c1ccccc1S(=O)OC. The zero-order valence-corrected chi connectivity index (χ0v) is 11.5. The lowest BCUT2D eigenvalue weighted by molar-refractivity contribution is -0.141. The van der Waals surface area contributed by atoms with Gasteiger partial charge in [-0.15, -0.1) is 0 Å². The highest BCUT2D eigenvalue weighted by Gasteiger charge is 2.16. The molecule has 6 nitrogen and oxygen atoms in total. The third-order valence-corrected chi connectivity index (χ3v) is 3.18. The topological polar surface area (TPSA) is 81.7 Å². The average Bonchev–Trinajstić information content (AvgIpc) is 2.44. The van der Waals surface area contributed by atoms with Gasteiger partial charge in [0.2, 0.25) is 0 Å². The van der Waals surface area contributed by atoms with E-state index in [1.165, 1.54) is 19.2 Å². The summed E-state index contributed by atoms with van der Waals surface area (Å²) in [4.78, 5) is 23.3. The van der Waals surface area contributed by atoms with E-state index in [2.05, 4.69) is 10.1 Å². The largest absolute Gasteiger partial charge is 0.465 e. The Labute approximate surface area is 113 Å². The fourth-order valence-corrected chi connectivity index (χ4v) is 2.06. The Morgan fingerprint density at radius 3 is 2.63 bits per heavy atom. The summed E-state index contributed by atoms with van der Waals surface area (Å²) in [6, 6.07) is 6.32. The second kappa shape index (κ2) is 7.65. The van der Waals surface area contributed by atoms with E-state index >= 15 is 0 Å². The standard InChI is InChI=1S/C12H15NO5S/c1-3-18-11(14)8-13-12(15)9-6-4-5-7-10(9)19(16)17-2/h4-7H,3,8H2,1-2H3,(H,13,15). The lowest BCUT2D eigenvalue weighted by Crippen LogP contribution is -2.31. The molecule has 7 heteroatoms. The summed E-state index contributed by atoms with van der Waals surface area (Å²) < 4.78 is 21.0. The summed E-state index contributed by atoms with van der Waals surface area (Å²) in [5.41, 5.74) is 0.201. The number of benzene rings is 1. The summed E-state index contributed by atoms with van der Waals surface area (Å²) in [5.74, 6) is -1.03. The summed E-state index contributed by atoms with van der Waals surface area (Å²) in [7, 11) is 1.28. The highest BCUT2D eigenvalue weighted by atomic mass is 32.2. The quantitative estimate of drug-likeness (QED) is 0.776. The van der Waals surface area contributed by atoms with Crippen LogP contribution in [0.2, 0.25) is 0 Å². The monoisotopic (exact) mass is 285 g/mol. The lowest BCUT2D eigenvalue weighted by atomic mass is 10.2. The van der Waals surface area contributed by atoms with Crippen molar-refractivity contribution in [2.45, 2.75) is 11.8 Å². The van der Waals surface area contributed by atoms with Gasteiger partial charge in [-0.05, 0) is 19.1 Å². The summed E-state index contributed by atoms with van der Waals surface area (Å²) in [6.45, 7) is 1.69. The predicted molar refractivity (Wildman–Crippen MR) is 68.8 cm³/mol. The summed E-state index contributed by atoms with van der Waals surface area (Å²) in [6.07, 6.45) is 0. The van der Waals surface area contributed by atoms with Gasteiger partial charge in [-0.2, -0.15) is 0 Å². The van der Waals surface area contributed by atoms with Crippen LogP contribution in [0.4, 0.5) is 0 Å². The van der Waals surface area contributed by atoms with E-state index in [-0.39, 0.29) is 23.6 Å². The van der Waals surface area contributed by atoms with Crippen LogP contribution in [0, 0.1) is 0 Å². The Morgan fingerprint density at radius 2 is 2.00 bits per heavy atom. The van der Waals surface area contributed by atoms with Gasteiger partial charge in [0.15, 0.2) is 11.1 Å². The van der Waals surface area contributed by atoms with Crippen LogP contribution in [0.5, 0.6) is 0 Å². The molecule has 0 saturated heterocycles. The van der Waals surface area contributed by atoms with Crippen LogP contribution in [-0.2, 0) is 24.8 Å². The fraction of sp³-hybridized carbons (Fsp3) is 0.333. The van der Waals surface area contributed by atoms with Gasteiger partial charge < -0.3 is 10.1 Å². The van der Waals surface area contributed by atoms with E-state index in [0.717, 1.165) is 0 Å². The first-order chi connectivity index (χ1) is 9.10. The van der Waals surface area contributed by atoms with Gasteiger partial charge in [0, 0.05) is 0 Å². The number of amides is 1. The van der Waals surface area contributed by atoms with Crippen LogP contribution < -0.4 is 5.32 Å². The first-order valence-corrected chi connectivity index (χ1v) is 6.66. The molecule has 0 bridgehead atoms. The minimum Gasteiger partial charge on any atom is -0.465 e. The molecule has 1 unspecified atom stereocenters. The number of carbonyl (C=O) groups excluding carboxylic acids is 2. The van der Waals surface area contributed by atoms with Gasteiger partial charge in [-0.3, -0.25) is 13.8 Å². The van der Waals surface area contributed by atoms with E-state index in [1.807, 2.05) is 0 Å². The van der Waals surface area contributed by atoms with Crippen LogP contribution >= 0.6 is 0 Å². The van der Waals surface area contributed by atoms with Gasteiger partial charge >= 0.3 is 5.97 Å². The molecule has 0 aliphatic rings. The van der Waals surface area contributed by atoms with Crippen LogP contribution in [0.1, 0.15) is 17.3 Å². The van der Waals surface area contributed by atoms with Crippen molar-refractivity contribution in [1.82, 2.24) is 5.32 Å². The number of nitrogens with one attached hydrogen (secondary N) is 1. The number of ether oxygens (including phenoxy) is 1.